The number of ether oxygens (including phenoxy) is 2. The number of hydrogen-bond acceptors (Lipinski definition) is 7. The van der Waals surface area contributed by atoms with Gasteiger partial charge in [0.05, 0.1) is 0 Å². The lowest BCUT2D eigenvalue weighted by Gasteiger charge is -2.38. The van der Waals surface area contributed by atoms with Crippen molar-refractivity contribution in [2.45, 2.75) is 30.7 Å². The molecule has 1 saturated heterocycles. The lowest BCUT2D eigenvalue weighted by Crippen LogP contribution is -2.61. The number of phenols is 1. The van der Waals surface area contributed by atoms with Crippen molar-refractivity contribution in [3.05, 3.63) is 24.3 Å². The summed E-state index contributed by atoms with van der Waals surface area (Å²) in [5.74, 6) is -1.47. The van der Waals surface area contributed by atoms with Gasteiger partial charge in [0.25, 0.3) is 0 Å². The van der Waals surface area contributed by atoms with Crippen molar-refractivity contribution in [1.29, 1.82) is 0 Å². The molecule has 1 aromatic carbocycles. The molecule has 5 N–H and O–H groups in total. The minimum atomic E-state index is -1.77. The van der Waals surface area contributed by atoms with E-state index in [1.165, 1.54) is 24.3 Å². The molecule has 0 saturated carbocycles. The summed E-state index contributed by atoms with van der Waals surface area (Å²) in [5.41, 5.74) is 0. The van der Waals surface area contributed by atoms with Crippen LogP contribution in [0.2, 0.25) is 0 Å². The third-order valence-electron chi connectivity index (χ3n) is 2.88. The fraction of sp³-hybridized carbons (Fsp3) is 0.417. The van der Waals surface area contributed by atoms with Gasteiger partial charge < -0.3 is 35.0 Å². The molecule has 2 rings (SSSR count). The first-order chi connectivity index (χ1) is 9.40. The van der Waals surface area contributed by atoms with Crippen molar-refractivity contribution < 1.29 is 39.8 Å². The zero-order chi connectivity index (χ0) is 14.9. The Kier molecular flexibility index (Phi) is 4.09. The van der Waals surface area contributed by atoms with E-state index in [1.807, 2.05) is 0 Å². The van der Waals surface area contributed by atoms with Crippen molar-refractivity contribution in [2.24, 2.45) is 0 Å². The Morgan fingerprint density at radius 1 is 1.15 bits per heavy atom. The van der Waals surface area contributed by atoms with Crippen molar-refractivity contribution in [2.75, 3.05) is 0 Å². The first kappa shape index (κ1) is 14.5. The Hall–Kier alpha value is -1.87. The van der Waals surface area contributed by atoms with Gasteiger partial charge in [0, 0.05) is 6.07 Å². The molecule has 1 aliphatic heterocycles. The van der Waals surface area contributed by atoms with E-state index < -0.39 is 36.7 Å². The van der Waals surface area contributed by atoms with Gasteiger partial charge in [0.1, 0.15) is 29.8 Å². The van der Waals surface area contributed by atoms with Crippen LogP contribution in [0.5, 0.6) is 11.5 Å². The number of aliphatic carboxylic acids is 1. The van der Waals surface area contributed by atoms with Gasteiger partial charge in [-0.3, -0.25) is 0 Å². The largest absolute Gasteiger partial charge is 0.508 e. The average molecular weight is 286 g/mol. The van der Waals surface area contributed by atoms with Crippen LogP contribution in [0.4, 0.5) is 0 Å². The maximum atomic E-state index is 10.9. The van der Waals surface area contributed by atoms with E-state index >= 15 is 0 Å². The zero-order valence-electron chi connectivity index (χ0n) is 10.2. The number of rotatable bonds is 3. The number of aliphatic hydroxyl groups is 3. The monoisotopic (exact) mass is 286 g/mol. The SMILES string of the molecule is O=C(O)C1OC(Oc2cccc(O)c2)C(O)C(O)C1O. The topological polar surface area (TPSA) is 137 Å². The summed E-state index contributed by atoms with van der Waals surface area (Å²) in [7, 11) is 0. The Morgan fingerprint density at radius 2 is 1.85 bits per heavy atom. The highest BCUT2D eigenvalue weighted by Crippen LogP contribution is 2.26. The number of hydrogen-bond donors (Lipinski definition) is 5. The molecule has 1 fully saturated rings. The van der Waals surface area contributed by atoms with Gasteiger partial charge in [-0.1, -0.05) is 6.07 Å². The summed E-state index contributed by atoms with van der Waals surface area (Å²) in [6.45, 7) is 0. The predicted molar refractivity (Wildman–Crippen MR) is 63.1 cm³/mol. The summed E-state index contributed by atoms with van der Waals surface area (Å²) in [5, 5.41) is 47.0. The van der Waals surface area contributed by atoms with Gasteiger partial charge >= 0.3 is 5.97 Å². The molecule has 110 valence electrons. The Bertz CT molecular complexity index is 490. The summed E-state index contributed by atoms with van der Waals surface area (Å²) in [4.78, 5) is 10.9. The first-order valence-corrected chi connectivity index (χ1v) is 5.78. The third kappa shape index (κ3) is 2.83. The van der Waals surface area contributed by atoms with E-state index in [-0.39, 0.29) is 11.5 Å². The average Bonchev–Trinajstić information content (AvgIpc) is 2.39. The molecule has 5 unspecified atom stereocenters. The molecule has 0 spiro atoms. The highest BCUT2D eigenvalue weighted by atomic mass is 16.7. The van der Waals surface area contributed by atoms with Crippen LogP contribution in [0.15, 0.2) is 24.3 Å². The molecule has 1 aromatic rings. The van der Waals surface area contributed by atoms with Gasteiger partial charge in [-0.05, 0) is 12.1 Å². The van der Waals surface area contributed by atoms with Gasteiger partial charge in [0.15, 0.2) is 6.10 Å². The molecule has 0 aliphatic carbocycles. The fourth-order valence-corrected chi connectivity index (χ4v) is 1.84. The molecule has 0 amide bonds. The Labute approximate surface area is 113 Å². The molecule has 0 aromatic heterocycles. The van der Waals surface area contributed by atoms with Gasteiger partial charge in [-0.25, -0.2) is 4.79 Å². The molecule has 1 heterocycles. The first-order valence-electron chi connectivity index (χ1n) is 5.78. The van der Waals surface area contributed by atoms with Crippen LogP contribution in [0.1, 0.15) is 0 Å². The number of benzene rings is 1. The van der Waals surface area contributed by atoms with Crippen LogP contribution in [-0.4, -0.2) is 62.2 Å². The third-order valence-corrected chi connectivity index (χ3v) is 2.88. The molecule has 1 aliphatic rings. The lowest BCUT2D eigenvalue weighted by atomic mass is 9.99. The van der Waals surface area contributed by atoms with Crippen LogP contribution >= 0.6 is 0 Å². The standard InChI is InChI=1S/C12H14O8/c13-5-2-1-3-6(4-5)19-12-9(16)7(14)8(15)10(20-12)11(17)18/h1-4,7-10,12-16H,(H,17,18). The zero-order valence-corrected chi connectivity index (χ0v) is 10.2. The van der Waals surface area contributed by atoms with E-state index in [0.717, 1.165) is 0 Å². The predicted octanol–water partition coefficient (Wildman–Crippen LogP) is -1.34. The Morgan fingerprint density at radius 3 is 2.45 bits per heavy atom. The second-order valence-corrected chi connectivity index (χ2v) is 4.35. The van der Waals surface area contributed by atoms with Crippen molar-refractivity contribution in [3.8, 4) is 11.5 Å². The number of carboxylic acid groups (broad SMARTS) is 1. The maximum absolute atomic E-state index is 10.9. The van der Waals surface area contributed by atoms with Crippen LogP contribution in [0, 0.1) is 0 Å². The molecule has 0 bridgehead atoms. The van der Waals surface area contributed by atoms with Crippen molar-refractivity contribution in [1.82, 2.24) is 0 Å². The summed E-state index contributed by atoms with van der Waals surface area (Å²) in [6, 6.07) is 5.54. The molecule has 8 nitrogen and oxygen atoms in total. The molecular weight excluding hydrogens is 272 g/mol. The highest BCUT2D eigenvalue weighted by Gasteiger charge is 2.48. The molecule has 0 radical (unpaired) electrons. The molecular formula is C12H14O8. The van der Waals surface area contributed by atoms with Gasteiger partial charge in [0.2, 0.25) is 6.29 Å². The lowest BCUT2D eigenvalue weighted by molar-refractivity contribution is -0.271. The fourth-order valence-electron chi connectivity index (χ4n) is 1.84. The van der Waals surface area contributed by atoms with Crippen LogP contribution in [-0.2, 0) is 9.53 Å². The smallest absolute Gasteiger partial charge is 0.335 e. The number of aromatic hydroxyl groups is 1. The number of aliphatic hydroxyl groups excluding tert-OH is 3. The highest BCUT2D eigenvalue weighted by molar-refractivity contribution is 5.73. The van der Waals surface area contributed by atoms with Crippen LogP contribution < -0.4 is 4.74 Å². The second kappa shape index (κ2) is 5.63. The number of carbonyl (C=O) groups is 1. The molecule has 5 atom stereocenters. The minimum Gasteiger partial charge on any atom is -0.508 e. The van der Waals surface area contributed by atoms with E-state index in [9.17, 15) is 25.2 Å². The summed E-state index contributed by atoms with van der Waals surface area (Å²) in [6.07, 6.45) is -8.35. The van der Waals surface area contributed by atoms with E-state index in [4.69, 9.17) is 14.6 Å². The van der Waals surface area contributed by atoms with E-state index in [0.29, 0.717) is 0 Å². The van der Waals surface area contributed by atoms with Gasteiger partial charge in [-0.15, -0.1) is 0 Å². The van der Waals surface area contributed by atoms with Crippen LogP contribution in [0.25, 0.3) is 0 Å². The van der Waals surface area contributed by atoms with Crippen LogP contribution in [0.3, 0.4) is 0 Å². The van der Waals surface area contributed by atoms with Gasteiger partial charge in [-0.2, -0.15) is 0 Å². The number of phenolic OH excluding ortho intramolecular Hbond substituents is 1. The van der Waals surface area contributed by atoms with E-state index in [1.54, 1.807) is 0 Å². The summed E-state index contributed by atoms with van der Waals surface area (Å²) < 4.78 is 10.1. The molecule has 20 heavy (non-hydrogen) atoms. The molecule has 8 heteroatoms. The van der Waals surface area contributed by atoms with Crippen molar-refractivity contribution in [3.63, 3.8) is 0 Å². The Balaban J connectivity index is 2.16. The second-order valence-electron chi connectivity index (χ2n) is 4.35. The normalized spacial score (nSPS) is 33.6. The maximum Gasteiger partial charge on any atom is 0.335 e. The van der Waals surface area contributed by atoms with E-state index in [2.05, 4.69) is 0 Å². The minimum absolute atomic E-state index is 0.0943. The summed E-state index contributed by atoms with van der Waals surface area (Å²) >= 11 is 0. The van der Waals surface area contributed by atoms with Crippen molar-refractivity contribution >= 4 is 5.97 Å². The number of carboxylic acids is 1. The quantitative estimate of drug-likeness (QED) is 0.460.